The van der Waals surface area contributed by atoms with Crippen LogP contribution in [0.2, 0.25) is 0 Å². The van der Waals surface area contributed by atoms with Gasteiger partial charge in [-0.15, -0.1) is 0 Å². The number of ether oxygens (including phenoxy) is 1. The van der Waals surface area contributed by atoms with Crippen LogP contribution in [0.4, 0.5) is 4.39 Å². The van der Waals surface area contributed by atoms with E-state index in [9.17, 15) is 14.3 Å². The minimum absolute atomic E-state index is 0.0684. The standard InChI is InChI=1S/C16H15FN2O4/c1-22-13-7-4-10(8-12(13)16(20)21)14-18-15(23-19-14)9-2-5-11(17)6-3-9/h2-8,14-15,18-19H,1H3,(H,20,21). The van der Waals surface area contributed by atoms with Crippen LogP contribution < -0.4 is 15.5 Å². The first-order valence-corrected chi connectivity index (χ1v) is 6.92. The van der Waals surface area contributed by atoms with Crippen molar-refractivity contribution in [2.24, 2.45) is 0 Å². The van der Waals surface area contributed by atoms with Crippen LogP contribution >= 0.6 is 0 Å². The van der Waals surface area contributed by atoms with Crippen molar-refractivity contribution in [1.82, 2.24) is 10.8 Å². The zero-order valence-electron chi connectivity index (χ0n) is 12.2. The number of halogens is 1. The van der Waals surface area contributed by atoms with Crippen molar-refractivity contribution in [1.29, 1.82) is 0 Å². The number of aromatic carboxylic acids is 1. The lowest BCUT2D eigenvalue weighted by molar-refractivity contribution is 0.0214. The summed E-state index contributed by atoms with van der Waals surface area (Å²) in [6.07, 6.45) is -0.856. The smallest absolute Gasteiger partial charge is 0.339 e. The molecule has 3 rings (SSSR count). The molecule has 2 aromatic carbocycles. The second-order valence-electron chi connectivity index (χ2n) is 5.03. The lowest BCUT2D eigenvalue weighted by Gasteiger charge is -2.13. The summed E-state index contributed by atoms with van der Waals surface area (Å²) in [5.41, 5.74) is 4.31. The summed E-state index contributed by atoms with van der Waals surface area (Å²) in [6, 6.07) is 10.8. The number of nitrogens with one attached hydrogen (secondary N) is 2. The molecule has 0 radical (unpaired) electrons. The molecule has 1 saturated heterocycles. The minimum Gasteiger partial charge on any atom is -0.496 e. The normalized spacial score (nSPS) is 20.4. The third-order valence-electron chi connectivity index (χ3n) is 3.58. The summed E-state index contributed by atoms with van der Waals surface area (Å²) in [5.74, 6) is -1.11. The number of benzene rings is 2. The highest BCUT2D eigenvalue weighted by molar-refractivity contribution is 5.91. The van der Waals surface area contributed by atoms with Crippen LogP contribution in [-0.4, -0.2) is 18.2 Å². The highest BCUT2D eigenvalue weighted by atomic mass is 19.1. The van der Waals surface area contributed by atoms with E-state index in [2.05, 4.69) is 10.8 Å². The lowest BCUT2D eigenvalue weighted by Crippen LogP contribution is -2.22. The molecule has 1 fully saturated rings. The number of rotatable bonds is 4. The van der Waals surface area contributed by atoms with Crippen molar-refractivity contribution in [2.45, 2.75) is 12.4 Å². The third kappa shape index (κ3) is 3.16. The van der Waals surface area contributed by atoms with Gasteiger partial charge in [0.2, 0.25) is 0 Å². The number of hydrogen-bond donors (Lipinski definition) is 3. The molecule has 2 unspecified atom stereocenters. The first-order chi connectivity index (χ1) is 11.1. The van der Waals surface area contributed by atoms with E-state index in [0.29, 0.717) is 5.56 Å². The van der Waals surface area contributed by atoms with Crippen molar-refractivity contribution in [3.8, 4) is 5.75 Å². The van der Waals surface area contributed by atoms with Gasteiger partial charge in [0.15, 0.2) is 6.23 Å². The third-order valence-corrected chi connectivity index (χ3v) is 3.58. The molecule has 6 nitrogen and oxygen atoms in total. The Kier molecular flexibility index (Phi) is 4.24. The molecule has 0 saturated carbocycles. The fourth-order valence-electron chi connectivity index (χ4n) is 2.39. The molecule has 1 aliphatic heterocycles. The van der Waals surface area contributed by atoms with E-state index in [1.54, 1.807) is 24.3 Å². The molecule has 23 heavy (non-hydrogen) atoms. The number of carbonyl (C=O) groups is 1. The maximum absolute atomic E-state index is 13.0. The summed E-state index contributed by atoms with van der Waals surface area (Å²) < 4.78 is 18.0. The molecule has 2 aromatic rings. The van der Waals surface area contributed by atoms with Gasteiger partial charge in [-0.05, 0) is 35.4 Å². The topological polar surface area (TPSA) is 79.8 Å². The lowest BCUT2D eigenvalue weighted by atomic mass is 10.1. The Morgan fingerprint density at radius 1 is 1.22 bits per heavy atom. The van der Waals surface area contributed by atoms with Crippen LogP contribution in [0.1, 0.15) is 33.9 Å². The summed E-state index contributed by atoms with van der Waals surface area (Å²) in [6.45, 7) is 0. The number of methoxy groups -OCH3 is 1. The Bertz CT molecular complexity index is 721. The zero-order valence-corrected chi connectivity index (χ0v) is 12.2. The molecular weight excluding hydrogens is 303 g/mol. The highest BCUT2D eigenvalue weighted by Crippen LogP contribution is 2.28. The average Bonchev–Trinajstić information content (AvgIpc) is 3.04. The SMILES string of the molecule is COc1ccc(C2NOC(c3ccc(F)cc3)N2)cc1C(=O)O. The summed E-state index contributed by atoms with van der Waals surface area (Å²) in [5, 5.41) is 12.4. The number of carboxylic acid groups (broad SMARTS) is 1. The Balaban J connectivity index is 1.80. The quantitative estimate of drug-likeness (QED) is 0.803. The fraction of sp³-hybridized carbons (Fsp3) is 0.188. The van der Waals surface area contributed by atoms with Crippen molar-refractivity contribution in [2.75, 3.05) is 7.11 Å². The Hall–Kier alpha value is -2.48. The molecular formula is C16H15FN2O4. The molecule has 0 aromatic heterocycles. The predicted octanol–water partition coefficient (Wildman–Crippen LogP) is 2.35. The summed E-state index contributed by atoms with van der Waals surface area (Å²) in [4.78, 5) is 16.7. The van der Waals surface area contributed by atoms with E-state index in [0.717, 1.165) is 5.56 Å². The van der Waals surface area contributed by atoms with E-state index < -0.39 is 18.4 Å². The van der Waals surface area contributed by atoms with Gasteiger partial charge in [0.05, 0.1) is 7.11 Å². The molecule has 120 valence electrons. The Morgan fingerprint density at radius 3 is 2.57 bits per heavy atom. The van der Waals surface area contributed by atoms with E-state index >= 15 is 0 Å². The molecule has 0 spiro atoms. The van der Waals surface area contributed by atoms with Crippen LogP contribution in [0.5, 0.6) is 5.75 Å². The maximum atomic E-state index is 13.0. The highest BCUT2D eigenvalue weighted by Gasteiger charge is 2.27. The molecule has 0 aliphatic carbocycles. The Labute approximate surface area is 131 Å². The van der Waals surface area contributed by atoms with Gasteiger partial charge < -0.3 is 9.84 Å². The van der Waals surface area contributed by atoms with Crippen molar-refractivity contribution < 1.29 is 23.9 Å². The van der Waals surface area contributed by atoms with Gasteiger partial charge >= 0.3 is 5.97 Å². The molecule has 2 atom stereocenters. The van der Waals surface area contributed by atoms with E-state index in [-0.39, 0.29) is 17.1 Å². The van der Waals surface area contributed by atoms with Crippen LogP contribution in [-0.2, 0) is 4.84 Å². The largest absolute Gasteiger partial charge is 0.496 e. The number of hydrogen-bond acceptors (Lipinski definition) is 5. The van der Waals surface area contributed by atoms with Crippen LogP contribution in [0.3, 0.4) is 0 Å². The zero-order chi connectivity index (χ0) is 16.4. The van der Waals surface area contributed by atoms with E-state index in [4.69, 9.17) is 9.57 Å². The maximum Gasteiger partial charge on any atom is 0.339 e. The van der Waals surface area contributed by atoms with Gasteiger partial charge in [0.25, 0.3) is 0 Å². The van der Waals surface area contributed by atoms with Gasteiger partial charge in [-0.25, -0.2) is 9.18 Å². The first kappa shape index (κ1) is 15.4. The van der Waals surface area contributed by atoms with Gasteiger partial charge in [-0.1, -0.05) is 18.2 Å². The van der Waals surface area contributed by atoms with Gasteiger partial charge in [0, 0.05) is 0 Å². The van der Waals surface area contributed by atoms with Crippen LogP contribution in [0.15, 0.2) is 42.5 Å². The monoisotopic (exact) mass is 318 g/mol. The summed E-state index contributed by atoms with van der Waals surface area (Å²) >= 11 is 0. The van der Waals surface area contributed by atoms with Crippen molar-refractivity contribution in [3.05, 3.63) is 65.0 Å². The molecule has 0 amide bonds. The Morgan fingerprint density at radius 2 is 1.91 bits per heavy atom. The minimum atomic E-state index is -1.07. The van der Waals surface area contributed by atoms with Crippen molar-refractivity contribution >= 4 is 5.97 Å². The second-order valence-corrected chi connectivity index (χ2v) is 5.03. The first-order valence-electron chi connectivity index (χ1n) is 6.92. The molecule has 7 heteroatoms. The second kappa shape index (κ2) is 6.33. The van der Waals surface area contributed by atoms with Crippen LogP contribution in [0.25, 0.3) is 0 Å². The van der Waals surface area contributed by atoms with E-state index in [1.165, 1.54) is 25.3 Å². The van der Waals surface area contributed by atoms with Crippen molar-refractivity contribution in [3.63, 3.8) is 0 Å². The summed E-state index contributed by atoms with van der Waals surface area (Å²) in [7, 11) is 1.42. The predicted molar refractivity (Wildman–Crippen MR) is 79.2 cm³/mol. The van der Waals surface area contributed by atoms with Gasteiger partial charge in [-0.2, -0.15) is 5.48 Å². The molecule has 3 N–H and O–H groups in total. The number of carboxylic acids is 1. The van der Waals surface area contributed by atoms with Crippen LogP contribution in [0, 0.1) is 5.82 Å². The molecule has 1 heterocycles. The fourth-order valence-corrected chi connectivity index (χ4v) is 2.39. The van der Waals surface area contributed by atoms with E-state index in [1.807, 2.05) is 0 Å². The number of hydroxylamine groups is 1. The molecule has 1 aliphatic rings. The average molecular weight is 318 g/mol. The van der Waals surface area contributed by atoms with Gasteiger partial charge in [-0.3, -0.25) is 10.2 Å². The molecule has 0 bridgehead atoms. The van der Waals surface area contributed by atoms with Gasteiger partial charge in [0.1, 0.15) is 23.3 Å².